The molecule has 0 aliphatic rings. The van der Waals surface area contributed by atoms with Crippen molar-refractivity contribution in [2.24, 2.45) is 0 Å². The van der Waals surface area contributed by atoms with Crippen LogP contribution in [0, 0.1) is 0 Å². The van der Waals surface area contributed by atoms with Gasteiger partial charge < -0.3 is 0 Å². The van der Waals surface area contributed by atoms with E-state index in [0.29, 0.717) is 15.1 Å². The average Bonchev–Trinajstić information content (AvgIpc) is 1.96. The zero-order valence-electron chi connectivity index (χ0n) is 6.00. The van der Waals surface area contributed by atoms with Crippen molar-refractivity contribution in [2.75, 3.05) is 0 Å². The van der Waals surface area contributed by atoms with Gasteiger partial charge in [-0.15, -0.1) is 0 Å². The molecule has 0 nitrogen and oxygen atoms in total. The molecule has 0 saturated heterocycles. The molecule has 0 unspecified atom stereocenters. The van der Waals surface area contributed by atoms with Gasteiger partial charge in [0.2, 0.25) is 0 Å². The first-order valence-electron chi connectivity index (χ1n) is 3.28. The predicted molar refractivity (Wildman–Crippen MR) is 55.1 cm³/mol. The van der Waals surface area contributed by atoms with Crippen molar-refractivity contribution < 1.29 is 0 Å². The summed E-state index contributed by atoms with van der Waals surface area (Å²) in [4.78, 5) is 0. The lowest BCUT2D eigenvalue weighted by Gasteiger charge is -2.02. The van der Waals surface area contributed by atoms with Crippen molar-refractivity contribution in [3.05, 3.63) is 32.8 Å². The van der Waals surface area contributed by atoms with E-state index in [-0.39, 0.29) is 0 Å². The van der Waals surface area contributed by atoms with Crippen molar-refractivity contribution in [1.82, 2.24) is 0 Å². The molecule has 1 aromatic carbocycles. The molecule has 0 amide bonds. The van der Waals surface area contributed by atoms with E-state index in [0.717, 1.165) is 21.9 Å². The monoisotopic (exact) mass is 224 g/mol. The van der Waals surface area contributed by atoms with Crippen molar-refractivity contribution in [1.29, 1.82) is 0 Å². The number of halogens is 3. The van der Waals surface area contributed by atoms with Gasteiger partial charge in [-0.2, -0.15) is 0 Å². The molecule has 0 aliphatic heterocycles. The highest BCUT2D eigenvalue weighted by Crippen LogP contribution is 2.29. The minimum Gasteiger partial charge on any atom is -0.0843 e. The Morgan fingerprint density at radius 2 is 1.82 bits per heavy atom. The summed E-state index contributed by atoms with van der Waals surface area (Å²) < 4.78 is 0. The Balaban J connectivity index is 3.24. The Labute approximate surface area is 83.9 Å². The first-order chi connectivity index (χ1) is 5.15. The van der Waals surface area contributed by atoms with Crippen LogP contribution >= 0.6 is 34.8 Å². The van der Waals surface area contributed by atoms with Crippen molar-refractivity contribution in [3.63, 3.8) is 0 Å². The number of hydrogen-bond acceptors (Lipinski definition) is 0. The topological polar surface area (TPSA) is 0 Å². The highest BCUT2D eigenvalue weighted by molar-refractivity contribution is 6.43. The maximum Gasteiger partial charge on any atom is 0.0622 e. The lowest BCUT2D eigenvalue weighted by molar-refractivity contribution is 1.40. The van der Waals surface area contributed by atoms with E-state index >= 15 is 0 Å². The molecule has 0 radical (unpaired) electrons. The van der Waals surface area contributed by atoms with Crippen LogP contribution in [0.3, 0.4) is 0 Å². The fourth-order valence-electron chi connectivity index (χ4n) is 0.867. The van der Waals surface area contributed by atoms with E-state index in [9.17, 15) is 0 Å². The van der Waals surface area contributed by atoms with Crippen LogP contribution in [-0.2, 0) is 6.04 Å². The van der Waals surface area contributed by atoms with Crippen LogP contribution in [0.25, 0.3) is 0 Å². The lowest BCUT2D eigenvalue weighted by Crippen LogP contribution is -1.85. The molecule has 60 valence electrons. The van der Waals surface area contributed by atoms with Crippen molar-refractivity contribution in [3.8, 4) is 0 Å². The van der Waals surface area contributed by atoms with Crippen LogP contribution in [0.1, 0.15) is 5.56 Å². The summed E-state index contributed by atoms with van der Waals surface area (Å²) in [6.45, 7) is 0. The van der Waals surface area contributed by atoms with Gasteiger partial charge in [-0.3, -0.25) is 0 Å². The van der Waals surface area contributed by atoms with Gasteiger partial charge in [0.25, 0.3) is 0 Å². The zero-order valence-corrected chi connectivity index (χ0v) is 10.3. The van der Waals surface area contributed by atoms with Crippen LogP contribution < -0.4 is 0 Å². The molecule has 0 fully saturated rings. The van der Waals surface area contributed by atoms with E-state index in [1.807, 2.05) is 6.07 Å². The maximum atomic E-state index is 5.90. The molecule has 1 aromatic rings. The summed E-state index contributed by atoms with van der Waals surface area (Å²) in [5, 5.41) is 1.85. The van der Waals surface area contributed by atoms with Gasteiger partial charge in [-0.05, 0) is 23.7 Å². The maximum absolute atomic E-state index is 5.90. The molecular formula is C7H7Cl3Si. The fourth-order valence-corrected chi connectivity index (χ4v) is 2.43. The van der Waals surface area contributed by atoms with Gasteiger partial charge in [-0.1, -0.05) is 34.8 Å². The van der Waals surface area contributed by atoms with E-state index in [4.69, 9.17) is 34.8 Å². The molecule has 0 heterocycles. The van der Waals surface area contributed by atoms with Crippen molar-refractivity contribution >= 4 is 45.0 Å². The summed E-state index contributed by atoms with van der Waals surface area (Å²) in [5.41, 5.74) is 1.05. The normalized spacial score (nSPS) is 10.5. The standard InChI is InChI=1S/C7H7Cl3Si/c8-5-1-4(3-11)7(10)6(9)2-5/h1-2H,3H2,11H3. The second-order valence-electron chi connectivity index (χ2n) is 2.21. The van der Waals surface area contributed by atoms with Crippen LogP contribution in [0.4, 0.5) is 0 Å². The van der Waals surface area contributed by atoms with E-state index < -0.39 is 0 Å². The first kappa shape index (κ1) is 9.40. The van der Waals surface area contributed by atoms with Crippen LogP contribution in [0.5, 0.6) is 0 Å². The number of benzene rings is 1. The van der Waals surface area contributed by atoms with Crippen LogP contribution in [0.15, 0.2) is 12.1 Å². The van der Waals surface area contributed by atoms with E-state index in [1.165, 1.54) is 0 Å². The van der Waals surface area contributed by atoms with Crippen LogP contribution in [0.2, 0.25) is 15.1 Å². The summed E-state index contributed by atoms with van der Waals surface area (Å²) in [6.07, 6.45) is 0. The Bertz CT molecular complexity index is 273. The minimum atomic E-state index is 0.546. The summed E-state index contributed by atoms with van der Waals surface area (Å²) in [7, 11) is 1.07. The summed E-state index contributed by atoms with van der Waals surface area (Å²) in [5.74, 6) is 0. The summed E-state index contributed by atoms with van der Waals surface area (Å²) >= 11 is 17.5. The van der Waals surface area contributed by atoms with Crippen LogP contribution in [-0.4, -0.2) is 10.2 Å². The lowest BCUT2D eigenvalue weighted by atomic mass is 10.2. The quantitative estimate of drug-likeness (QED) is 0.509. The molecule has 1 rings (SSSR count). The highest BCUT2D eigenvalue weighted by Gasteiger charge is 2.04. The molecule has 4 heteroatoms. The Morgan fingerprint density at radius 1 is 1.18 bits per heavy atom. The Morgan fingerprint density at radius 3 is 2.36 bits per heavy atom. The molecule has 0 spiro atoms. The third-order valence-corrected chi connectivity index (χ3v) is 3.27. The van der Waals surface area contributed by atoms with E-state index in [2.05, 4.69) is 0 Å². The second kappa shape index (κ2) is 3.81. The SMILES string of the molecule is [SiH3]Cc1cc(Cl)cc(Cl)c1Cl. The Hall–Kier alpha value is 0.307. The fraction of sp³-hybridized carbons (Fsp3) is 0.143. The third-order valence-electron chi connectivity index (χ3n) is 1.45. The molecule has 0 aliphatic carbocycles. The summed E-state index contributed by atoms with van der Waals surface area (Å²) in [6, 6.07) is 4.51. The molecular weight excluding hydrogens is 219 g/mol. The number of hydrogen-bond donors (Lipinski definition) is 0. The van der Waals surface area contributed by atoms with Crippen molar-refractivity contribution in [2.45, 2.75) is 6.04 Å². The van der Waals surface area contributed by atoms with Gasteiger partial charge in [-0.25, -0.2) is 0 Å². The molecule has 0 bridgehead atoms. The minimum absolute atomic E-state index is 0.546. The largest absolute Gasteiger partial charge is 0.0843 e. The molecule has 0 aromatic heterocycles. The van der Waals surface area contributed by atoms with Gasteiger partial charge in [0, 0.05) is 15.3 Å². The van der Waals surface area contributed by atoms with Gasteiger partial charge in [0.15, 0.2) is 0 Å². The van der Waals surface area contributed by atoms with Gasteiger partial charge >= 0.3 is 0 Å². The molecule has 0 saturated carbocycles. The van der Waals surface area contributed by atoms with Gasteiger partial charge in [0.1, 0.15) is 0 Å². The van der Waals surface area contributed by atoms with Gasteiger partial charge in [0.05, 0.1) is 10.0 Å². The molecule has 0 N–H and O–H groups in total. The smallest absolute Gasteiger partial charge is 0.0622 e. The number of rotatable bonds is 1. The Kier molecular flexibility index (Phi) is 3.25. The average molecular weight is 226 g/mol. The zero-order chi connectivity index (χ0) is 8.43. The first-order valence-corrected chi connectivity index (χ1v) is 5.83. The third kappa shape index (κ3) is 2.12. The van der Waals surface area contributed by atoms with E-state index in [1.54, 1.807) is 6.07 Å². The highest BCUT2D eigenvalue weighted by atomic mass is 35.5. The molecule has 0 atom stereocenters. The second-order valence-corrected chi connectivity index (χ2v) is 4.14. The molecule has 11 heavy (non-hydrogen) atoms. The predicted octanol–water partition coefficient (Wildman–Crippen LogP) is 2.51.